The summed E-state index contributed by atoms with van der Waals surface area (Å²) >= 11 is 11.9. The van der Waals surface area contributed by atoms with Gasteiger partial charge in [0.1, 0.15) is 10.8 Å². The van der Waals surface area contributed by atoms with E-state index >= 15 is 0 Å². The number of pyridine rings is 1. The highest BCUT2D eigenvalue weighted by molar-refractivity contribution is 6.34. The van der Waals surface area contributed by atoms with Crippen molar-refractivity contribution in [2.45, 2.75) is 33.2 Å². The number of halogens is 2. The molecule has 0 radical (unpaired) electrons. The number of carbonyl (C=O) groups is 1. The average molecular weight is 301 g/mol. The lowest BCUT2D eigenvalue weighted by Crippen LogP contribution is -2.49. The average Bonchev–Trinajstić information content (AvgIpc) is 2.36. The van der Waals surface area contributed by atoms with Crippen molar-refractivity contribution >= 4 is 29.1 Å². The van der Waals surface area contributed by atoms with E-state index in [1.807, 2.05) is 4.90 Å². The number of likely N-dealkylation sites (tertiary alicyclic amines) is 1. The van der Waals surface area contributed by atoms with Gasteiger partial charge < -0.3 is 4.90 Å². The first-order chi connectivity index (χ1) is 8.90. The minimum Gasteiger partial charge on any atom is -0.334 e. The molecule has 0 N–H and O–H groups in total. The first kappa shape index (κ1) is 14.6. The lowest BCUT2D eigenvalue weighted by Gasteiger charge is -2.41. The van der Waals surface area contributed by atoms with Gasteiger partial charge in [0.05, 0.1) is 5.02 Å². The van der Waals surface area contributed by atoms with Crippen molar-refractivity contribution in [2.75, 3.05) is 6.54 Å². The Bertz CT molecular complexity index is 492. The number of carbonyl (C=O) groups excluding carboxylic acids is 1. The molecule has 1 aliphatic rings. The van der Waals surface area contributed by atoms with Crippen LogP contribution in [0.25, 0.3) is 0 Å². The number of amides is 1. The van der Waals surface area contributed by atoms with Gasteiger partial charge in [0.25, 0.3) is 5.91 Å². The second kappa shape index (κ2) is 5.68. The molecule has 1 amide bonds. The summed E-state index contributed by atoms with van der Waals surface area (Å²) in [6.07, 6.45) is 1.14. The summed E-state index contributed by atoms with van der Waals surface area (Å²) < 4.78 is 0. The Morgan fingerprint density at radius 3 is 2.68 bits per heavy atom. The van der Waals surface area contributed by atoms with Crippen LogP contribution in [0.15, 0.2) is 12.1 Å². The Kier molecular flexibility index (Phi) is 4.36. The number of hydrogen-bond acceptors (Lipinski definition) is 2. The van der Waals surface area contributed by atoms with Crippen LogP contribution in [0.5, 0.6) is 0 Å². The minimum atomic E-state index is -0.126. The molecule has 3 nitrogen and oxygen atoms in total. The molecule has 3 atom stereocenters. The van der Waals surface area contributed by atoms with Gasteiger partial charge in [-0.2, -0.15) is 0 Å². The van der Waals surface area contributed by atoms with Crippen LogP contribution in [0.3, 0.4) is 0 Å². The number of hydrogen-bond donors (Lipinski definition) is 0. The molecule has 0 saturated carbocycles. The van der Waals surface area contributed by atoms with Crippen molar-refractivity contribution in [1.82, 2.24) is 9.88 Å². The molecular weight excluding hydrogens is 283 g/mol. The molecule has 3 unspecified atom stereocenters. The van der Waals surface area contributed by atoms with Gasteiger partial charge in [-0.25, -0.2) is 4.98 Å². The molecule has 2 heterocycles. The lowest BCUT2D eigenvalue weighted by atomic mass is 9.86. The van der Waals surface area contributed by atoms with Crippen LogP contribution < -0.4 is 0 Å². The summed E-state index contributed by atoms with van der Waals surface area (Å²) in [4.78, 5) is 18.5. The van der Waals surface area contributed by atoms with E-state index in [0.717, 1.165) is 13.0 Å². The van der Waals surface area contributed by atoms with Crippen LogP contribution in [0.1, 0.15) is 37.7 Å². The third-order valence-corrected chi connectivity index (χ3v) is 4.39. The van der Waals surface area contributed by atoms with E-state index in [9.17, 15) is 4.79 Å². The van der Waals surface area contributed by atoms with Gasteiger partial charge >= 0.3 is 0 Å². The maximum absolute atomic E-state index is 12.6. The van der Waals surface area contributed by atoms with E-state index in [2.05, 4.69) is 25.8 Å². The van der Waals surface area contributed by atoms with E-state index in [1.54, 1.807) is 12.1 Å². The van der Waals surface area contributed by atoms with Crippen LogP contribution >= 0.6 is 23.2 Å². The molecular formula is C14H18Cl2N2O. The topological polar surface area (TPSA) is 33.2 Å². The predicted molar refractivity (Wildman–Crippen MR) is 77.7 cm³/mol. The minimum absolute atomic E-state index is 0.126. The van der Waals surface area contributed by atoms with Crippen LogP contribution in [-0.4, -0.2) is 28.4 Å². The molecule has 0 aliphatic carbocycles. The Balaban J connectivity index is 2.30. The first-order valence-electron chi connectivity index (χ1n) is 6.53. The highest BCUT2D eigenvalue weighted by atomic mass is 35.5. The maximum atomic E-state index is 12.6. The van der Waals surface area contributed by atoms with Crippen LogP contribution in [0.2, 0.25) is 10.2 Å². The molecule has 104 valence electrons. The standard InChI is InChI=1S/C14H18Cl2N2O/c1-8-6-9(2)10(3)18(7-8)14(19)13-11(15)4-5-12(16)17-13/h4-5,8-10H,6-7H2,1-3H3. The van der Waals surface area contributed by atoms with E-state index in [-0.39, 0.29) is 17.6 Å². The Hall–Kier alpha value is -0.800. The van der Waals surface area contributed by atoms with Gasteiger partial charge in [0.15, 0.2) is 0 Å². The number of aromatic nitrogens is 1. The predicted octanol–water partition coefficient (Wildman–Crippen LogP) is 3.90. The molecule has 2 rings (SSSR count). The second-order valence-corrected chi connectivity index (χ2v) is 6.28. The van der Waals surface area contributed by atoms with Crippen molar-refractivity contribution < 1.29 is 4.79 Å². The molecule has 1 aromatic rings. The number of piperidine rings is 1. The highest BCUT2D eigenvalue weighted by Crippen LogP contribution is 2.29. The van der Waals surface area contributed by atoms with Crippen molar-refractivity contribution in [3.63, 3.8) is 0 Å². The van der Waals surface area contributed by atoms with Crippen LogP contribution in [-0.2, 0) is 0 Å². The molecule has 1 saturated heterocycles. The van der Waals surface area contributed by atoms with Crippen molar-refractivity contribution in [2.24, 2.45) is 11.8 Å². The maximum Gasteiger partial charge on any atom is 0.274 e. The van der Waals surface area contributed by atoms with E-state index in [1.165, 1.54) is 0 Å². The summed E-state index contributed by atoms with van der Waals surface area (Å²) in [6.45, 7) is 7.16. The summed E-state index contributed by atoms with van der Waals surface area (Å²) in [6, 6.07) is 3.40. The van der Waals surface area contributed by atoms with E-state index < -0.39 is 0 Å². The van der Waals surface area contributed by atoms with Gasteiger partial charge in [-0.15, -0.1) is 0 Å². The Labute approximate surface area is 123 Å². The molecule has 0 aromatic carbocycles. The zero-order chi connectivity index (χ0) is 14.2. The summed E-state index contributed by atoms with van der Waals surface area (Å²) in [5, 5.41) is 0.644. The fourth-order valence-electron chi connectivity index (χ4n) is 2.69. The quantitative estimate of drug-likeness (QED) is 0.737. The van der Waals surface area contributed by atoms with E-state index in [0.29, 0.717) is 22.0 Å². The molecule has 0 bridgehead atoms. The van der Waals surface area contributed by atoms with Gasteiger partial charge in [-0.1, -0.05) is 37.0 Å². The van der Waals surface area contributed by atoms with Crippen LogP contribution in [0.4, 0.5) is 0 Å². The zero-order valence-electron chi connectivity index (χ0n) is 11.4. The summed E-state index contributed by atoms with van der Waals surface area (Å²) in [5.74, 6) is 0.845. The zero-order valence-corrected chi connectivity index (χ0v) is 12.9. The van der Waals surface area contributed by atoms with Crippen molar-refractivity contribution in [1.29, 1.82) is 0 Å². The lowest BCUT2D eigenvalue weighted by molar-refractivity contribution is 0.0450. The molecule has 1 aromatic heterocycles. The highest BCUT2D eigenvalue weighted by Gasteiger charge is 2.33. The molecule has 5 heteroatoms. The third kappa shape index (κ3) is 3.03. The second-order valence-electron chi connectivity index (χ2n) is 5.48. The van der Waals surface area contributed by atoms with Crippen molar-refractivity contribution in [3.8, 4) is 0 Å². The van der Waals surface area contributed by atoms with Gasteiger partial charge in [0, 0.05) is 12.6 Å². The Morgan fingerprint density at radius 1 is 1.32 bits per heavy atom. The number of nitrogens with zero attached hydrogens (tertiary/aromatic N) is 2. The first-order valence-corrected chi connectivity index (χ1v) is 7.28. The SMILES string of the molecule is CC1CC(C)C(C)N(C(=O)c2nc(Cl)ccc2Cl)C1. The van der Waals surface area contributed by atoms with Gasteiger partial charge in [-0.3, -0.25) is 4.79 Å². The summed E-state index contributed by atoms with van der Waals surface area (Å²) in [5.41, 5.74) is 0.252. The fourth-order valence-corrected chi connectivity index (χ4v) is 3.02. The molecule has 1 aliphatic heterocycles. The summed E-state index contributed by atoms with van der Waals surface area (Å²) in [7, 11) is 0. The van der Waals surface area contributed by atoms with Gasteiger partial charge in [-0.05, 0) is 37.3 Å². The molecule has 1 fully saturated rings. The largest absolute Gasteiger partial charge is 0.334 e. The normalized spacial score (nSPS) is 27.4. The fraction of sp³-hybridized carbons (Fsp3) is 0.571. The van der Waals surface area contributed by atoms with Gasteiger partial charge in [0.2, 0.25) is 0 Å². The monoisotopic (exact) mass is 300 g/mol. The van der Waals surface area contributed by atoms with Crippen LogP contribution in [0, 0.1) is 11.8 Å². The molecule has 19 heavy (non-hydrogen) atoms. The van der Waals surface area contributed by atoms with E-state index in [4.69, 9.17) is 23.2 Å². The Morgan fingerprint density at radius 2 is 2.00 bits per heavy atom. The number of rotatable bonds is 1. The smallest absolute Gasteiger partial charge is 0.274 e. The third-order valence-electron chi connectivity index (χ3n) is 3.87. The van der Waals surface area contributed by atoms with Crippen molar-refractivity contribution in [3.05, 3.63) is 28.0 Å². The molecule has 0 spiro atoms.